The minimum atomic E-state index is -0.346. The zero-order chi connectivity index (χ0) is 32.2. The largest absolute Gasteiger partial charge is 0.495 e. The Bertz CT molecular complexity index is 1120. The van der Waals surface area contributed by atoms with E-state index in [1.807, 2.05) is 12.1 Å². The van der Waals surface area contributed by atoms with Gasteiger partial charge in [0.05, 0.1) is 25.5 Å². The van der Waals surface area contributed by atoms with Crippen LogP contribution in [0.25, 0.3) is 0 Å². The summed E-state index contributed by atoms with van der Waals surface area (Å²) < 4.78 is 10.7. The summed E-state index contributed by atoms with van der Waals surface area (Å²) in [6.07, 6.45) is 22.6. The molecule has 0 radical (unpaired) electrons. The third-order valence-electron chi connectivity index (χ3n) is 7.51. The number of methoxy groups -OCH3 is 2. The Morgan fingerprint density at radius 3 is 1.44 bits per heavy atom. The normalized spacial score (nSPS) is 12.6. The number of anilines is 1. The summed E-state index contributed by atoms with van der Waals surface area (Å²) in [7, 11) is 3.09. The van der Waals surface area contributed by atoms with Gasteiger partial charge in [-0.25, -0.2) is 4.79 Å². The van der Waals surface area contributed by atoms with Gasteiger partial charge in [0.25, 0.3) is 0 Å². The van der Waals surface area contributed by atoms with Crippen molar-refractivity contribution in [3.05, 3.63) is 93.7 Å². The second-order valence-electron chi connectivity index (χ2n) is 12.2. The quantitative estimate of drug-likeness (QED) is 0.119. The van der Waals surface area contributed by atoms with Crippen LogP contribution in [0.3, 0.4) is 0 Å². The molecule has 4 heteroatoms. The summed E-state index contributed by atoms with van der Waals surface area (Å²) in [5.74, 6) is 0.399. The monoisotopic (exact) mass is 589 g/mol. The molecule has 0 aliphatic carbocycles. The molecule has 0 bridgehead atoms. The Morgan fingerprint density at radius 2 is 1.05 bits per heavy atom. The van der Waals surface area contributed by atoms with Crippen LogP contribution in [0.15, 0.2) is 88.1 Å². The van der Waals surface area contributed by atoms with Crippen LogP contribution in [0, 0.1) is 0 Å². The first kappa shape index (κ1) is 37.8. The van der Waals surface area contributed by atoms with Crippen molar-refractivity contribution in [2.45, 2.75) is 107 Å². The highest BCUT2D eigenvalue weighted by molar-refractivity contribution is 5.91. The Balaban J connectivity index is 3.03. The average molecular weight is 590 g/mol. The van der Waals surface area contributed by atoms with E-state index in [9.17, 15) is 4.79 Å². The maximum Gasteiger partial charge on any atom is 0.337 e. The number of carbonyl (C=O) groups excluding carboxylic acids is 1. The highest BCUT2D eigenvalue weighted by Crippen LogP contribution is 2.30. The van der Waals surface area contributed by atoms with Gasteiger partial charge in [-0.05, 0) is 125 Å². The van der Waals surface area contributed by atoms with Gasteiger partial charge >= 0.3 is 5.97 Å². The molecule has 0 spiro atoms. The van der Waals surface area contributed by atoms with Crippen LogP contribution in [0.2, 0.25) is 0 Å². The molecular formula is C39H59NO3. The van der Waals surface area contributed by atoms with E-state index in [2.05, 4.69) is 96.7 Å². The van der Waals surface area contributed by atoms with Crippen LogP contribution in [0.1, 0.15) is 117 Å². The molecule has 0 heterocycles. The van der Waals surface area contributed by atoms with Crippen molar-refractivity contribution in [3.8, 4) is 5.75 Å². The average Bonchev–Trinajstić information content (AvgIpc) is 2.96. The van der Waals surface area contributed by atoms with Crippen molar-refractivity contribution in [1.29, 1.82) is 0 Å². The van der Waals surface area contributed by atoms with Crippen LogP contribution in [-0.2, 0) is 4.74 Å². The number of nitrogens with zero attached hydrogens (tertiary/aromatic N) is 1. The van der Waals surface area contributed by atoms with E-state index < -0.39 is 0 Å². The number of esters is 1. The van der Waals surface area contributed by atoms with E-state index in [4.69, 9.17) is 9.47 Å². The first-order valence-electron chi connectivity index (χ1n) is 15.9. The van der Waals surface area contributed by atoms with Crippen LogP contribution < -0.4 is 9.64 Å². The lowest BCUT2D eigenvalue weighted by atomic mass is 10.1. The van der Waals surface area contributed by atoms with E-state index >= 15 is 0 Å². The van der Waals surface area contributed by atoms with Crippen molar-refractivity contribution < 1.29 is 14.3 Å². The molecule has 43 heavy (non-hydrogen) atoms. The van der Waals surface area contributed by atoms with Gasteiger partial charge in [-0.15, -0.1) is 0 Å². The minimum Gasteiger partial charge on any atom is -0.495 e. The Hall–Kier alpha value is -3.27. The molecule has 0 aromatic heterocycles. The topological polar surface area (TPSA) is 38.8 Å². The van der Waals surface area contributed by atoms with Crippen molar-refractivity contribution in [2.75, 3.05) is 32.2 Å². The molecule has 0 atom stereocenters. The van der Waals surface area contributed by atoms with E-state index in [1.54, 1.807) is 13.2 Å². The maximum absolute atomic E-state index is 12.3. The van der Waals surface area contributed by atoms with Crippen molar-refractivity contribution in [2.24, 2.45) is 0 Å². The first-order valence-corrected chi connectivity index (χ1v) is 15.9. The van der Waals surface area contributed by atoms with E-state index in [-0.39, 0.29) is 5.97 Å². The number of ether oxygens (including phenoxy) is 2. The van der Waals surface area contributed by atoms with Gasteiger partial charge in [0.15, 0.2) is 0 Å². The fraction of sp³-hybridized carbons (Fsp3) is 0.513. The van der Waals surface area contributed by atoms with Crippen LogP contribution in [0.5, 0.6) is 5.75 Å². The fourth-order valence-corrected chi connectivity index (χ4v) is 4.66. The summed E-state index contributed by atoms with van der Waals surface area (Å²) in [5.41, 5.74) is 9.80. The molecule has 0 fully saturated rings. The number of rotatable bonds is 19. The van der Waals surface area contributed by atoms with Gasteiger partial charge in [0, 0.05) is 13.1 Å². The zero-order valence-electron chi connectivity index (χ0n) is 28.9. The number of hydrogen-bond acceptors (Lipinski definition) is 4. The lowest BCUT2D eigenvalue weighted by molar-refractivity contribution is 0.0600. The molecule has 0 saturated heterocycles. The molecule has 238 valence electrons. The number of hydrogen-bond donors (Lipinski definition) is 0. The highest BCUT2D eigenvalue weighted by Gasteiger charge is 2.15. The summed E-state index contributed by atoms with van der Waals surface area (Å²) in [6, 6.07) is 5.49. The van der Waals surface area contributed by atoms with Crippen molar-refractivity contribution >= 4 is 11.7 Å². The summed E-state index contributed by atoms with van der Waals surface area (Å²) in [4.78, 5) is 14.6. The highest BCUT2D eigenvalue weighted by atomic mass is 16.5. The lowest BCUT2D eigenvalue weighted by Crippen LogP contribution is -2.25. The van der Waals surface area contributed by atoms with Crippen LogP contribution >= 0.6 is 0 Å². The first-order chi connectivity index (χ1) is 20.5. The Morgan fingerprint density at radius 1 is 0.628 bits per heavy atom. The second kappa shape index (κ2) is 21.4. The van der Waals surface area contributed by atoms with Crippen LogP contribution in [0.4, 0.5) is 5.69 Å². The second-order valence-corrected chi connectivity index (χ2v) is 12.2. The lowest BCUT2D eigenvalue weighted by Gasteiger charge is -2.25. The van der Waals surface area contributed by atoms with Crippen LogP contribution in [-0.4, -0.2) is 33.3 Å². The van der Waals surface area contributed by atoms with Gasteiger partial charge in [0.1, 0.15) is 5.75 Å². The van der Waals surface area contributed by atoms with Gasteiger partial charge in [-0.1, -0.05) is 69.9 Å². The van der Waals surface area contributed by atoms with E-state index in [1.165, 1.54) is 40.5 Å². The SMILES string of the molecule is COC(=O)c1ccc(OC)c(N(CC=C(C)CCC=C(C)CCC=C(C)C)CC=C(C)CCC=C(C)CCC=C(C)C)c1. The maximum atomic E-state index is 12.3. The molecular weight excluding hydrogens is 530 g/mol. The molecule has 0 amide bonds. The fourth-order valence-electron chi connectivity index (χ4n) is 4.66. The predicted molar refractivity (Wildman–Crippen MR) is 187 cm³/mol. The molecule has 4 nitrogen and oxygen atoms in total. The standard InChI is InChI=1S/C39H59NO3/c1-30(2)15-11-17-32(5)19-13-21-34(7)25-27-40(37-29-36(39(41)43-10)23-24-38(37)42-9)28-26-35(8)22-14-20-33(6)18-12-16-31(3)4/h15-16,19-20,23-26,29H,11-14,17-18,21-22,27-28H2,1-10H3. The molecule has 0 N–H and O–H groups in total. The third kappa shape index (κ3) is 16.8. The molecule has 0 aliphatic rings. The van der Waals surface area contributed by atoms with Gasteiger partial charge in [0.2, 0.25) is 0 Å². The van der Waals surface area contributed by atoms with Crippen molar-refractivity contribution in [1.82, 2.24) is 0 Å². The molecule has 1 aromatic carbocycles. The zero-order valence-corrected chi connectivity index (χ0v) is 28.9. The smallest absolute Gasteiger partial charge is 0.337 e. The molecule has 0 unspecified atom stereocenters. The summed E-state index contributed by atoms with van der Waals surface area (Å²) >= 11 is 0. The molecule has 1 aromatic rings. The molecule has 0 aliphatic heterocycles. The van der Waals surface area contributed by atoms with Gasteiger partial charge in [-0.2, -0.15) is 0 Å². The third-order valence-corrected chi connectivity index (χ3v) is 7.51. The van der Waals surface area contributed by atoms with Crippen molar-refractivity contribution in [3.63, 3.8) is 0 Å². The molecule has 0 saturated carbocycles. The van der Waals surface area contributed by atoms with Gasteiger partial charge in [-0.3, -0.25) is 0 Å². The Labute approximate surface area is 263 Å². The molecule has 1 rings (SSSR count). The Kier molecular flexibility index (Phi) is 18.8. The van der Waals surface area contributed by atoms with Gasteiger partial charge < -0.3 is 14.4 Å². The number of benzene rings is 1. The van der Waals surface area contributed by atoms with E-state index in [0.29, 0.717) is 5.56 Å². The number of carbonyl (C=O) groups is 1. The van der Waals surface area contributed by atoms with E-state index in [0.717, 1.165) is 75.9 Å². The number of allylic oxidation sites excluding steroid dienone is 10. The minimum absolute atomic E-state index is 0.346. The summed E-state index contributed by atoms with van der Waals surface area (Å²) in [6.45, 7) is 19.0. The summed E-state index contributed by atoms with van der Waals surface area (Å²) in [5, 5.41) is 0. The predicted octanol–water partition coefficient (Wildman–Crippen LogP) is 11.1.